The molecule has 2 aromatic rings. The van der Waals surface area contributed by atoms with Crippen LogP contribution in [0, 0.1) is 5.82 Å². The molecule has 2 rings (SSSR count). The highest BCUT2D eigenvalue weighted by molar-refractivity contribution is 5.95. The van der Waals surface area contributed by atoms with Crippen LogP contribution in [0.1, 0.15) is 20.7 Å². The molecule has 0 aliphatic rings. The topological polar surface area (TPSA) is 57.6 Å². The second-order valence-corrected chi connectivity index (χ2v) is 4.81. The highest BCUT2D eigenvalue weighted by Crippen LogP contribution is 2.23. The van der Waals surface area contributed by atoms with E-state index in [0.717, 1.165) is 6.07 Å². The first kappa shape index (κ1) is 14.7. The second kappa shape index (κ2) is 5.75. The molecule has 0 aliphatic heterocycles. The molecule has 0 unspecified atom stereocenters. The van der Waals surface area contributed by atoms with Crippen molar-refractivity contribution < 1.29 is 19.1 Å². The lowest BCUT2D eigenvalue weighted by Gasteiger charge is -2.11. The van der Waals surface area contributed by atoms with Gasteiger partial charge in [-0.1, -0.05) is 12.1 Å². The SMILES string of the molecule is CN(C)C(=O)c1cccc(-c2cc(F)cc(C(=O)O)c2)c1. The zero-order chi connectivity index (χ0) is 15.6. The lowest BCUT2D eigenvalue weighted by molar-refractivity contribution is 0.0696. The number of rotatable bonds is 3. The molecular formula is C16H14FNO3. The molecule has 0 fully saturated rings. The molecule has 108 valence electrons. The average Bonchev–Trinajstić information content (AvgIpc) is 2.45. The fourth-order valence-electron chi connectivity index (χ4n) is 1.97. The summed E-state index contributed by atoms with van der Waals surface area (Å²) < 4.78 is 13.5. The van der Waals surface area contributed by atoms with Crippen LogP contribution < -0.4 is 0 Å². The third-order valence-electron chi connectivity index (χ3n) is 2.99. The maximum absolute atomic E-state index is 13.5. The Morgan fingerprint density at radius 3 is 2.29 bits per heavy atom. The molecule has 2 aromatic carbocycles. The molecule has 0 radical (unpaired) electrons. The summed E-state index contributed by atoms with van der Waals surface area (Å²) in [5, 5.41) is 8.97. The highest BCUT2D eigenvalue weighted by atomic mass is 19.1. The van der Waals surface area contributed by atoms with Crippen LogP contribution in [0.2, 0.25) is 0 Å². The molecule has 0 heterocycles. The van der Waals surface area contributed by atoms with Gasteiger partial charge in [0.1, 0.15) is 5.82 Å². The Kier molecular flexibility index (Phi) is 4.03. The van der Waals surface area contributed by atoms with E-state index in [9.17, 15) is 14.0 Å². The number of amides is 1. The Hall–Kier alpha value is -2.69. The van der Waals surface area contributed by atoms with Gasteiger partial charge in [0, 0.05) is 19.7 Å². The Morgan fingerprint density at radius 2 is 1.67 bits per heavy atom. The standard InChI is InChI=1S/C16H14FNO3/c1-18(2)15(19)11-5-3-4-10(6-11)12-7-13(16(20)21)9-14(17)8-12/h3-9H,1-2H3,(H,20,21). The monoisotopic (exact) mass is 287 g/mol. The van der Waals surface area contributed by atoms with Gasteiger partial charge in [-0.2, -0.15) is 0 Å². The van der Waals surface area contributed by atoms with E-state index in [1.807, 2.05) is 0 Å². The van der Waals surface area contributed by atoms with Gasteiger partial charge in [0.15, 0.2) is 0 Å². The van der Waals surface area contributed by atoms with Crippen molar-refractivity contribution in [2.75, 3.05) is 14.1 Å². The van der Waals surface area contributed by atoms with Gasteiger partial charge in [0.25, 0.3) is 5.91 Å². The fourth-order valence-corrected chi connectivity index (χ4v) is 1.97. The lowest BCUT2D eigenvalue weighted by atomic mass is 10.0. The van der Waals surface area contributed by atoms with E-state index in [1.165, 1.54) is 17.0 Å². The van der Waals surface area contributed by atoms with Crippen molar-refractivity contribution in [2.45, 2.75) is 0 Å². The minimum Gasteiger partial charge on any atom is -0.478 e. The van der Waals surface area contributed by atoms with Gasteiger partial charge in [-0.3, -0.25) is 4.79 Å². The largest absolute Gasteiger partial charge is 0.478 e. The smallest absolute Gasteiger partial charge is 0.335 e. The van der Waals surface area contributed by atoms with Crippen LogP contribution in [-0.2, 0) is 0 Å². The number of carbonyl (C=O) groups is 2. The van der Waals surface area contributed by atoms with Gasteiger partial charge in [-0.05, 0) is 41.5 Å². The summed E-state index contributed by atoms with van der Waals surface area (Å²) in [7, 11) is 3.28. The van der Waals surface area contributed by atoms with Gasteiger partial charge in [0.2, 0.25) is 0 Å². The first-order valence-electron chi connectivity index (χ1n) is 6.24. The van der Waals surface area contributed by atoms with Crippen LogP contribution >= 0.6 is 0 Å². The molecule has 4 nitrogen and oxygen atoms in total. The van der Waals surface area contributed by atoms with Crippen LogP contribution in [0.5, 0.6) is 0 Å². The Bertz CT molecular complexity index is 710. The van der Waals surface area contributed by atoms with Crippen LogP contribution in [0.15, 0.2) is 42.5 Å². The third-order valence-corrected chi connectivity index (χ3v) is 2.99. The van der Waals surface area contributed by atoms with Gasteiger partial charge in [0.05, 0.1) is 5.56 Å². The molecule has 0 atom stereocenters. The number of hydrogen-bond acceptors (Lipinski definition) is 2. The van der Waals surface area contributed by atoms with Crippen molar-refractivity contribution >= 4 is 11.9 Å². The number of carboxylic acids is 1. The summed E-state index contributed by atoms with van der Waals surface area (Å²) in [6, 6.07) is 10.2. The van der Waals surface area contributed by atoms with Crippen LogP contribution in [0.4, 0.5) is 4.39 Å². The van der Waals surface area contributed by atoms with Crippen molar-refractivity contribution in [3.63, 3.8) is 0 Å². The number of carboxylic acid groups (broad SMARTS) is 1. The minimum absolute atomic E-state index is 0.130. The van der Waals surface area contributed by atoms with Crippen molar-refractivity contribution in [3.8, 4) is 11.1 Å². The summed E-state index contributed by atoms with van der Waals surface area (Å²) in [6.07, 6.45) is 0. The van der Waals surface area contributed by atoms with Gasteiger partial charge in [-0.15, -0.1) is 0 Å². The van der Waals surface area contributed by atoms with E-state index in [-0.39, 0.29) is 11.5 Å². The molecule has 0 aromatic heterocycles. The predicted octanol–water partition coefficient (Wildman–Crippen LogP) is 2.89. The molecule has 1 amide bonds. The van der Waals surface area contributed by atoms with E-state index in [2.05, 4.69) is 0 Å². The van der Waals surface area contributed by atoms with Crippen molar-refractivity contribution in [1.29, 1.82) is 0 Å². The number of nitrogens with zero attached hydrogens (tertiary/aromatic N) is 1. The first-order valence-corrected chi connectivity index (χ1v) is 6.24. The number of aromatic carboxylic acids is 1. The summed E-state index contributed by atoms with van der Waals surface area (Å²) in [6.45, 7) is 0. The second-order valence-electron chi connectivity index (χ2n) is 4.81. The molecule has 1 N–H and O–H groups in total. The fraction of sp³-hybridized carbons (Fsp3) is 0.125. The Labute approximate surface area is 121 Å². The Balaban J connectivity index is 2.50. The van der Waals surface area contributed by atoms with Gasteiger partial charge >= 0.3 is 5.97 Å². The molecule has 21 heavy (non-hydrogen) atoms. The minimum atomic E-state index is -1.20. The van der Waals surface area contributed by atoms with E-state index < -0.39 is 11.8 Å². The van der Waals surface area contributed by atoms with Gasteiger partial charge < -0.3 is 10.0 Å². The van der Waals surface area contributed by atoms with Crippen molar-refractivity contribution in [2.24, 2.45) is 0 Å². The number of halogens is 1. The maximum Gasteiger partial charge on any atom is 0.335 e. The molecule has 0 aliphatic carbocycles. The third kappa shape index (κ3) is 3.25. The molecule has 0 saturated carbocycles. The predicted molar refractivity (Wildman–Crippen MR) is 76.8 cm³/mol. The maximum atomic E-state index is 13.5. The zero-order valence-corrected chi connectivity index (χ0v) is 11.6. The van der Waals surface area contributed by atoms with E-state index >= 15 is 0 Å². The molecule has 0 bridgehead atoms. The van der Waals surface area contributed by atoms with Crippen LogP contribution in [0.25, 0.3) is 11.1 Å². The summed E-state index contributed by atoms with van der Waals surface area (Å²) in [5.41, 5.74) is 1.33. The number of carbonyl (C=O) groups excluding carboxylic acids is 1. The number of benzene rings is 2. The van der Waals surface area contributed by atoms with Crippen LogP contribution in [0.3, 0.4) is 0 Å². The highest BCUT2D eigenvalue weighted by Gasteiger charge is 2.11. The first-order chi connectivity index (χ1) is 9.88. The molecule has 0 spiro atoms. The number of hydrogen-bond donors (Lipinski definition) is 1. The summed E-state index contributed by atoms with van der Waals surface area (Å²) >= 11 is 0. The van der Waals surface area contributed by atoms with Gasteiger partial charge in [-0.25, -0.2) is 9.18 Å². The van der Waals surface area contributed by atoms with E-state index in [4.69, 9.17) is 5.11 Å². The average molecular weight is 287 g/mol. The lowest BCUT2D eigenvalue weighted by Crippen LogP contribution is -2.21. The van der Waals surface area contributed by atoms with Crippen molar-refractivity contribution in [1.82, 2.24) is 4.90 Å². The van der Waals surface area contributed by atoms with Crippen molar-refractivity contribution in [3.05, 3.63) is 59.4 Å². The Morgan fingerprint density at radius 1 is 1.00 bits per heavy atom. The van der Waals surface area contributed by atoms with Crippen LogP contribution in [-0.4, -0.2) is 36.0 Å². The zero-order valence-electron chi connectivity index (χ0n) is 11.6. The van der Waals surface area contributed by atoms with E-state index in [1.54, 1.807) is 38.4 Å². The molecular weight excluding hydrogens is 273 g/mol. The summed E-state index contributed by atoms with van der Waals surface area (Å²) in [5.74, 6) is -2.00. The van der Waals surface area contributed by atoms with E-state index in [0.29, 0.717) is 16.7 Å². The molecule has 5 heteroatoms. The quantitative estimate of drug-likeness (QED) is 0.944. The molecule has 0 saturated heterocycles. The normalized spacial score (nSPS) is 10.2. The summed E-state index contributed by atoms with van der Waals surface area (Å²) in [4.78, 5) is 24.3.